The third kappa shape index (κ3) is 3.94. The molecular weight excluding hydrogens is 356 g/mol. The fraction of sp³-hybridized carbons (Fsp3) is 0.476. The van der Waals surface area contributed by atoms with Crippen molar-refractivity contribution in [3.8, 4) is 11.4 Å². The summed E-state index contributed by atoms with van der Waals surface area (Å²) in [5.41, 5.74) is 1.71. The van der Waals surface area contributed by atoms with E-state index in [4.69, 9.17) is 4.74 Å². The van der Waals surface area contributed by atoms with Crippen LogP contribution in [0.3, 0.4) is 0 Å². The maximum Gasteiger partial charge on any atom is 0.328 e. The number of hydrogen-bond acceptors (Lipinski definition) is 5. The molecule has 0 aliphatic carbocycles. The number of carbonyl (C=O) groups excluding carboxylic acids is 2. The van der Waals surface area contributed by atoms with Gasteiger partial charge in [-0.15, -0.1) is 0 Å². The predicted octanol–water partition coefficient (Wildman–Crippen LogP) is 2.31. The molecule has 1 N–H and O–H groups in total. The fourth-order valence-electron chi connectivity index (χ4n) is 3.43. The molecule has 150 valence electrons. The van der Waals surface area contributed by atoms with E-state index >= 15 is 0 Å². The van der Waals surface area contributed by atoms with E-state index in [1.54, 1.807) is 0 Å². The molecule has 28 heavy (non-hydrogen) atoms. The van der Waals surface area contributed by atoms with Crippen LogP contribution in [0.2, 0.25) is 0 Å². The van der Waals surface area contributed by atoms with Gasteiger partial charge in [-0.05, 0) is 12.5 Å². The first kappa shape index (κ1) is 20.1. The molecule has 1 atom stereocenters. The van der Waals surface area contributed by atoms with Crippen molar-refractivity contribution in [3.63, 3.8) is 0 Å². The minimum atomic E-state index is -0.760. The highest BCUT2D eigenvalue weighted by Crippen LogP contribution is 2.27. The molecule has 1 amide bonds. The highest BCUT2D eigenvalue weighted by molar-refractivity contribution is 5.97. The average Bonchev–Trinajstić information content (AvgIpc) is 3.03. The molecule has 0 saturated carbocycles. The van der Waals surface area contributed by atoms with Gasteiger partial charge in [-0.25, -0.2) is 9.78 Å². The quantitative estimate of drug-likeness (QED) is 0.819. The van der Waals surface area contributed by atoms with Gasteiger partial charge < -0.3 is 14.6 Å². The Labute approximate surface area is 165 Å². The number of rotatable bonds is 4. The number of aromatic nitrogens is 2. The largest absolute Gasteiger partial charge is 0.467 e. The number of likely N-dealkylation sites (N-methyl/N-ethyl adjacent to an activating group) is 1. The molecule has 3 rings (SSSR count). The molecular formula is C21H28N4O3. The molecule has 0 radical (unpaired) electrons. The molecule has 1 aliphatic rings. The minimum absolute atomic E-state index is 0.355. The molecule has 1 aromatic carbocycles. The Morgan fingerprint density at radius 3 is 2.46 bits per heavy atom. The number of nitrogens with zero attached hydrogens (tertiary/aromatic N) is 3. The normalized spacial score (nSPS) is 15.6. The molecule has 0 saturated heterocycles. The SMILES string of the molecule is COC(=O)[C@@H](NC(=O)c1nc(-c2ccccc2)n2c1CN(C)CC2)C(C)(C)C. The molecule has 0 unspecified atom stereocenters. The third-order valence-electron chi connectivity index (χ3n) is 5.02. The van der Waals surface area contributed by atoms with E-state index in [-0.39, 0.29) is 5.91 Å². The van der Waals surface area contributed by atoms with Gasteiger partial charge in [0.1, 0.15) is 11.9 Å². The van der Waals surface area contributed by atoms with Crippen molar-refractivity contribution in [2.45, 2.75) is 39.9 Å². The first-order valence-corrected chi connectivity index (χ1v) is 9.44. The van der Waals surface area contributed by atoms with E-state index < -0.39 is 17.4 Å². The molecule has 2 aromatic rings. The first-order chi connectivity index (χ1) is 13.2. The Kier molecular flexibility index (Phi) is 5.56. The van der Waals surface area contributed by atoms with E-state index in [9.17, 15) is 9.59 Å². The van der Waals surface area contributed by atoms with Crippen molar-refractivity contribution in [1.82, 2.24) is 19.8 Å². The summed E-state index contributed by atoms with van der Waals surface area (Å²) >= 11 is 0. The van der Waals surface area contributed by atoms with Crippen molar-refractivity contribution in [2.75, 3.05) is 20.7 Å². The molecule has 1 aliphatic heterocycles. The topological polar surface area (TPSA) is 76.5 Å². The van der Waals surface area contributed by atoms with Crippen LogP contribution in [-0.4, -0.2) is 53.1 Å². The highest BCUT2D eigenvalue weighted by atomic mass is 16.5. The van der Waals surface area contributed by atoms with E-state index in [1.807, 2.05) is 58.2 Å². The Hall–Kier alpha value is -2.67. The zero-order valence-electron chi connectivity index (χ0n) is 17.2. The average molecular weight is 384 g/mol. The number of nitrogens with one attached hydrogen (secondary N) is 1. The maximum atomic E-state index is 13.1. The van der Waals surface area contributed by atoms with Gasteiger partial charge in [-0.3, -0.25) is 9.69 Å². The Balaban J connectivity index is 2.00. The molecule has 7 nitrogen and oxygen atoms in total. The summed E-state index contributed by atoms with van der Waals surface area (Å²) in [6.45, 7) is 7.94. The standard InChI is InChI=1S/C21H28N4O3/c1-21(2,3)17(20(27)28-5)23-19(26)16-15-13-24(4)11-12-25(15)18(22-16)14-9-7-6-8-10-14/h6-10,17H,11-13H2,1-5H3,(H,23,26)/t17-/m1/s1. The number of methoxy groups -OCH3 is 1. The number of esters is 1. The lowest BCUT2D eigenvalue weighted by Crippen LogP contribution is -2.50. The van der Waals surface area contributed by atoms with Crippen LogP contribution >= 0.6 is 0 Å². The number of carbonyl (C=O) groups is 2. The van der Waals surface area contributed by atoms with Gasteiger partial charge in [0.15, 0.2) is 5.69 Å². The molecule has 0 fully saturated rings. The van der Waals surface area contributed by atoms with E-state index in [0.717, 1.165) is 30.2 Å². The smallest absolute Gasteiger partial charge is 0.328 e. The monoisotopic (exact) mass is 384 g/mol. The van der Waals surface area contributed by atoms with Gasteiger partial charge in [0.05, 0.1) is 12.8 Å². The van der Waals surface area contributed by atoms with E-state index in [1.165, 1.54) is 7.11 Å². The third-order valence-corrected chi connectivity index (χ3v) is 5.02. The van der Waals surface area contributed by atoms with Crippen LogP contribution < -0.4 is 5.32 Å². The maximum absolute atomic E-state index is 13.1. The van der Waals surface area contributed by atoms with Crippen molar-refractivity contribution in [3.05, 3.63) is 41.7 Å². The lowest BCUT2D eigenvalue weighted by Gasteiger charge is -2.29. The van der Waals surface area contributed by atoms with Crippen LogP contribution in [-0.2, 0) is 22.6 Å². The van der Waals surface area contributed by atoms with Crippen LogP contribution in [0.25, 0.3) is 11.4 Å². The van der Waals surface area contributed by atoms with Crippen LogP contribution in [0.5, 0.6) is 0 Å². The number of ether oxygens (including phenoxy) is 1. The summed E-state index contributed by atoms with van der Waals surface area (Å²) in [7, 11) is 3.35. The van der Waals surface area contributed by atoms with Gasteiger partial charge in [-0.1, -0.05) is 51.1 Å². The summed E-state index contributed by atoms with van der Waals surface area (Å²) in [6, 6.07) is 9.08. The van der Waals surface area contributed by atoms with E-state index in [2.05, 4.69) is 19.8 Å². The molecule has 1 aromatic heterocycles. The van der Waals surface area contributed by atoms with Gasteiger partial charge in [0, 0.05) is 25.2 Å². The molecule has 2 heterocycles. The first-order valence-electron chi connectivity index (χ1n) is 9.44. The second-order valence-electron chi connectivity index (χ2n) is 8.28. The summed E-state index contributed by atoms with van der Waals surface area (Å²) in [5, 5.41) is 2.85. The Morgan fingerprint density at radius 1 is 1.18 bits per heavy atom. The zero-order chi connectivity index (χ0) is 20.5. The zero-order valence-corrected chi connectivity index (χ0v) is 17.2. The predicted molar refractivity (Wildman–Crippen MR) is 107 cm³/mol. The molecule has 0 bridgehead atoms. The van der Waals surface area contributed by atoms with Crippen molar-refractivity contribution in [1.29, 1.82) is 0 Å². The summed E-state index contributed by atoms with van der Waals surface area (Å²) in [6.07, 6.45) is 0. The second kappa shape index (κ2) is 7.75. The summed E-state index contributed by atoms with van der Waals surface area (Å²) < 4.78 is 7.00. The lowest BCUT2D eigenvalue weighted by molar-refractivity contribution is -0.145. The van der Waals surface area contributed by atoms with Crippen LogP contribution in [0.1, 0.15) is 37.0 Å². The fourth-order valence-corrected chi connectivity index (χ4v) is 3.43. The van der Waals surface area contributed by atoms with Gasteiger partial charge in [0.2, 0.25) is 0 Å². The molecule has 0 spiro atoms. The number of hydrogen-bond donors (Lipinski definition) is 1. The van der Waals surface area contributed by atoms with Crippen molar-refractivity contribution < 1.29 is 14.3 Å². The molecule has 7 heteroatoms. The number of amides is 1. The van der Waals surface area contributed by atoms with Crippen LogP contribution in [0.15, 0.2) is 30.3 Å². The van der Waals surface area contributed by atoms with Crippen molar-refractivity contribution in [2.24, 2.45) is 5.41 Å². The van der Waals surface area contributed by atoms with Gasteiger partial charge >= 0.3 is 5.97 Å². The van der Waals surface area contributed by atoms with Gasteiger partial charge in [-0.2, -0.15) is 0 Å². The summed E-state index contributed by atoms with van der Waals surface area (Å²) in [4.78, 5) is 32.2. The number of fused-ring (bicyclic) bond motifs is 1. The lowest BCUT2D eigenvalue weighted by atomic mass is 9.86. The van der Waals surface area contributed by atoms with Crippen LogP contribution in [0, 0.1) is 5.41 Å². The van der Waals surface area contributed by atoms with E-state index in [0.29, 0.717) is 12.2 Å². The minimum Gasteiger partial charge on any atom is -0.467 e. The Morgan fingerprint density at radius 2 is 1.86 bits per heavy atom. The van der Waals surface area contributed by atoms with Crippen LogP contribution in [0.4, 0.5) is 0 Å². The summed E-state index contributed by atoms with van der Waals surface area (Å²) in [5.74, 6) is -0.0416. The second-order valence-corrected chi connectivity index (χ2v) is 8.28. The Bertz CT molecular complexity index is 868. The number of benzene rings is 1. The van der Waals surface area contributed by atoms with Crippen molar-refractivity contribution >= 4 is 11.9 Å². The van der Waals surface area contributed by atoms with Gasteiger partial charge in [0.25, 0.3) is 5.91 Å². The number of imidazole rings is 1. The highest BCUT2D eigenvalue weighted by Gasteiger charge is 2.36.